The Labute approximate surface area is 126 Å². The average Bonchev–Trinajstić information content (AvgIpc) is 2.44. The van der Waals surface area contributed by atoms with Gasteiger partial charge in [0.15, 0.2) is 17.3 Å². The lowest BCUT2D eigenvalue weighted by molar-refractivity contribution is -0.124. The van der Waals surface area contributed by atoms with Crippen LogP contribution in [0.3, 0.4) is 0 Å². The van der Waals surface area contributed by atoms with Crippen molar-refractivity contribution < 1.29 is 19.1 Å². The van der Waals surface area contributed by atoms with Crippen molar-refractivity contribution in [1.82, 2.24) is 0 Å². The van der Waals surface area contributed by atoms with Crippen LogP contribution in [0.1, 0.15) is 39.2 Å². The van der Waals surface area contributed by atoms with Gasteiger partial charge in [-0.25, -0.2) is 0 Å². The fraction of sp³-hybridized carbons (Fsp3) is 0.529. The predicted molar refractivity (Wildman–Crippen MR) is 82.0 cm³/mol. The zero-order valence-corrected chi connectivity index (χ0v) is 13.3. The van der Waals surface area contributed by atoms with Gasteiger partial charge in [0.05, 0.1) is 7.11 Å². The molecule has 21 heavy (non-hydrogen) atoms. The van der Waals surface area contributed by atoms with Crippen LogP contribution >= 0.6 is 0 Å². The van der Waals surface area contributed by atoms with Crippen LogP contribution in [0.5, 0.6) is 11.5 Å². The molecule has 116 valence electrons. The third kappa shape index (κ3) is 5.98. The predicted octanol–water partition coefficient (Wildman–Crippen LogP) is 3.21. The second kappa shape index (κ2) is 8.45. The van der Waals surface area contributed by atoms with Gasteiger partial charge in [-0.3, -0.25) is 4.79 Å². The number of aryl methyl sites for hydroxylation is 1. The van der Waals surface area contributed by atoms with Crippen LogP contribution in [-0.4, -0.2) is 25.3 Å². The minimum Gasteiger partial charge on any atom is -0.493 e. The van der Waals surface area contributed by atoms with E-state index in [1.165, 1.54) is 0 Å². The van der Waals surface area contributed by atoms with Gasteiger partial charge in [-0.1, -0.05) is 19.9 Å². The van der Waals surface area contributed by atoms with E-state index >= 15 is 0 Å². The first-order chi connectivity index (χ1) is 9.93. The summed E-state index contributed by atoms with van der Waals surface area (Å²) in [6.07, 6.45) is 2.23. The maximum Gasteiger partial charge on any atom is 0.172 e. The monoisotopic (exact) mass is 292 g/mol. The molecule has 0 bridgehead atoms. The minimum absolute atomic E-state index is 0.0400. The van der Waals surface area contributed by atoms with Crippen LogP contribution in [0, 0.1) is 5.92 Å². The van der Waals surface area contributed by atoms with Gasteiger partial charge in [-0.05, 0) is 37.5 Å². The number of carbonyl (C=O) groups excluding carboxylic acids is 2. The molecule has 1 aromatic carbocycles. The Hall–Kier alpha value is -1.84. The highest BCUT2D eigenvalue weighted by Gasteiger charge is 2.11. The van der Waals surface area contributed by atoms with Gasteiger partial charge in [-0.15, -0.1) is 0 Å². The van der Waals surface area contributed by atoms with Crippen molar-refractivity contribution >= 4 is 11.6 Å². The number of hydrogen-bond donors (Lipinski definition) is 0. The molecule has 4 nitrogen and oxygen atoms in total. The zero-order chi connectivity index (χ0) is 15.8. The molecule has 0 heterocycles. The van der Waals surface area contributed by atoms with Gasteiger partial charge in [0, 0.05) is 12.3 Å². The summed E-state index contributed by atoms with van der Waals surface area (Å²) in [7, 11) is 1.58. The molecule has 0 aliphatic heterocycles. The van der Waals surface area contributed by atoms with Gasteiger partial charge in [0.25, 0.3) is 0 Å². The Morgan fingerprint density at radius 1 is 1.19 bits per heavy atom. The normalized spacial score (nSPS) is 10.5. The van der Waals surface area contributed by atoms with Crippen molar-refractivity contribution in [3.05, 3.63) is 23.8 Å². The van der Waals surface area contributed by atoms with Crippen LogP contribution < -0.4 is 9.47 Å². The van der Waals surface area contributed by atoms with Gasteiger partial charge >= 0.3 is 0 Å². The number of ether oxygens (including phenoxy) is 2. The minimum atomic E-state index is -0.0400. The van der Waals surface area contributed by atoms with Crippen molar-refractivity contribution in [2.75, 3.05) is 13.7 Å². The SMILES string of the molecule is COc1cc(CCCC(C)=O)ccc1OCC(=O)C(C)C. The molecule has 1 rings (SSSR count). The topological polar surface area (TPSA) is 52.6 Å². The number of methoxy groups -OCH3 is 1. The second-order valence-corrected chi connectivity index (χ2v) is 5.45. The van der Waals surface area contributed by atoms with E-state index in [0.29, 0.717) is 17.9 Å². The molecule has 0 amide bonds. The molecule has 1 aromatic rings. The summed E-state index contributed by atoms with van der Waals surface area (Å²) >= 11 is 0. The summed E-state index contributed by atoms with van der Waals surface area (Å²) < 4.78 is 10.8. The maximum absolute atomic E-state index is 11.6. The summed E-state index contributed by atoms with van der Waals surface area (Å²) in [4.78, 5) is 22.5. The summed E-state index contributed by atoms with van der Waals surface area (Å²) in [6, 6.07) is 5.66. The Balaban J connectivity index is 2.65. The van der Waals surface area contributed by atoms with Crippen molar-refractivity contribution in [3.8, 4) is 11.5 Å². The first kappa shape index (κ1) is 17.2. The summed E-state index contributed by atoms with van der Waals surface area (Å²) in [6.45, 7) is 5.35. The van der Waals surface area contributed by atoms with Crippen LogP contribution in [0.2, 0.25) is 0 Å². The lowest BCUT2D eigenvalue weighted by Crippen LogP contribution is -2.17. The van der Waals surface area contributed by atoms with Crippen molar-refractivity contribution in [2.24, 2.45) is 5.92 Å². The van der Waals surface area contributed by atoms with E-state index in [0.717, 1.165) is 18.4 Å². The number of benzene rings is 1. The molecular formula is C17H24O4. The molecular weight excluding hydrogens is 268 g/mol. The Morgan fingerprint density at radius 3 is 2.48 bits per heavy atom. The fourth-order valence-corrected chi connectivity index (χ4v) is 1.84. The molecule has 0 spiro atoms. The molecule has 4 heteroatoms. The highest BCUT2D eigenvalue weighted by Crippen LogP contribution is 2.28. The fourth-order valence-electron chi connectivity index (χ4n) is 1.84. The molecule has 0 atom stereocenters. The van der Waals surface area contributed by atoms with Crippen molar-refractivity contribution in [1.29, 1.82) is 0 Å². The molecule has 0 saturated carbocycles. The number of hydrogen-bond acceptors (Lipinski definition) is 4. The second-order valence-electron chi connectivity index (χ2n) is 5.45. The van der Waals surface area contributed by atoms with Gasteiger partial charge < -0.3 is 14.3 Å². The summed E-state index contributed by atoms with van der Waals surface area (Å²) in [5, 5.41) is 0. The largest absolute Gasteiger partial charge is 0.493 e. The third-order valence-corrected chi connectivity index (χ3v) is 3.24. The molecule has 0 aliphatic rings. The van der Waals surface area contributed by atoms with Gasteiger partial charge in [0.1, 0.15) is 12.4 Å². The highest BCUT2D eigenvalue weighted by molar-refractivity contribution is 5.81. The van der Waals surface area contributed by atoms with Crippen LogP contribution in [0.25, 0.3) is 0 Å². The Morgan fingerprint density at radius 2 is 1.90 bits per heavy atom. The van der Waals surface area contributed by atoms with Crippen LogP contribution in [-0.2, 0) is 16.0 Å². The van der Waals surface area contributed by atoms with Crippen molar-refractivity contribution in [2.45, 2.75) is 40.0 Å². The van der Waals surface area contributed by atoms with E-state index in [4.69, 9.17) is 9.47 Å². The average molecular weight is 292 g/mol. The molecule has 0 fully saturated rings. The smallest absolute Gasteiger partial charge is 0.172 e. The first-order valence-electron chi connectivity index (χ1n) is 7.26. The van der Waals surface area contributed by atoms with Crippen molar-refractivity contribution in [3.63, 3.8) is 0 Å². The van der Waals surface area contributed by atoms with E-state index in [1.807, 2.05) is 32.0 Å². The summed E-state index contributed by atoms with van der Waals surface area (Å²) in [5.74, 6) is 1.41. The van der Waals surface area contributed by atoms with Gasteiger partial charge in [0.2, 0.25) is 0 Å². The molecule has 0 radical (unpaired) electrons. The standard InChI is InChI=1S/C17H24O4/c1-12(2)15(19)11-21-16-9-8-14(10-17(16)20-4)7-5-6-13(3)18/h8-10,12H,5-7,11H2,1-4H3. The molecule has 0 saturated heterocycles. The number of carbonyl (C=O) groups is 2. The molecule has 0 aromatic heterocycles. The Bertz CT molecular complexity index is 492. The van der Waals surface area contributed by atoms with E-state index in [9.17, 15) is 9.59 Å². The summed E-state index contributed by atoms with van der Waals surface area (Å²) in [5.41, 5.74) is 1.09. The van der Waals surface area contributed by atoms with E-state index < -0.39 is 0 Å². The number of Topliss-reactive ketones (excluding diaryl/α,β-unsaturated/α-hetero) is 2. The zero-order valence-electron chi connectivity index (χ0n) is 13.3. The van der Waals surface area contributed by atoms with Crippen LogP contribution in [0.15, 0.2) is 18.2 Å². The van der Waals surface area contributed by atoms with E-state index in [-0.39, 0.29) is 24.1 Å². The van der Waals surface area contributed by atoms with Gasteiger partial charge in [-0.2, -0.15) is 0 Å². The maximum atomic E-state index is 11.6. The third-order valence-electron chi connectivity index (χ3n) is 3.24. The van der Waals surface area contributed by atoms with E-state index in [1.54, 1.807) is 14.0 Å². The number of ketones is 2. The highest BCUT2D eigenvalue weighted by atomic mass is 16.5. The number of rotatable bonds is 9. The Kier molecular flexibility index (Phi) is 6.92. The lowest BCUT2D eigenvalue weighted by Gasteiger charge is -2.12. The molecule has 0 aliphatic carbocycles. The first-order valence-corrected chi connectivity index (χ1v) is 7.26. The molecule has 0 unspecified atom stereocenters. The lowest BCUT2D eigenvalue weighted by atomic mass is 10.1. The molecule has 0 N–H and O–H groups in total. The van der Waals surface area contributed by atoms with E-state index in [2.05, 4.69) is 0 Å². The quantitative estimate of drug-likeness (QED) is 0.701. The van der Waals surface area contributed by atoms with Crippen LogP contribution in [0.4, 0.5) is 0 Å².